The first-order valence-corrected chi connectivity index (χ1v) is 1.01. The molecule has 0 fully saturated rings. The van der Waals surface area contributed by atoms with Gasteiger partial charge in [-0.3, -0.25) is 0 Å². The summed E-state index contributed by atoms with van der Waals surface area (Å²) in [5.74, 6) is 0. The van der Waals surface area contributed by atoms with Gasteiger partial charge in [0.1, 0.15) is 5.43 Å². The van der Waals surface area contributed by atoms with E-state index in [1.54, 1.807) is 0 Å². The van der Waals surface area contributed by atoms with E-state index in [0.29, 0.717) is 0 Å². The highest BCUT2D eigenvalue weighted by molar-refractivity contribution is 4.50. The van der Waals surface area contributed by atoms with Crippen molar-refractivity contribution in [2.45, 2.75) is 0 Å². The predicted molar refractivity (Wildman–Crippen MR) is 14.7 cm³/mol. The summed E-state index contributed by atoms with van der Waals surface area (Å²) in [4.78, 5) is 9.02. The highest BCUT2D eigenvalue weighted by Crippen LogP contribution is 1.51. The van der Waals surface area contributed by atoms with Crippen molar-refractivity contribution in [1.82, 2.24) is 5.43 Å². The first-order valence-electron chi connectivity index (χ1n) is 1.01. The maximum atomic E-state index is 9.02. The maximum absolute atomic E-state index is 9.02. The van der Waals surface area contributed by atoms with Crippen LogP contribution in [0.5, 0.6) is 0 Å². The van der Waals surface area contributed by atoms with Crippen molar-refractivity contribution in [3.05, 3.63) is 10.1 Å². The molecule has 0 saturated carbocycles. The molecule has 0 heterocycles. The molecule has 6 heavy (non-hydrogen) atoms. The lowest BCUT2D eigenvalue weighted by Gasteiger charge is -1.66. The van der Waals surface area contributed by atoms with E-state index < -0.39 is 5.03 Å². The van der Waals surface area contributed by atoms with E-state index in [2.05, 4.69) is 5.43 Å². The molecule has 0 spiro atoms. The van der Waals surface area contributed by atoms with Crippen LogP contribution in [0.2, 0.25) is 0 Å². The first kappa shape index (κ1) is 4.69. The Morgan fingerprint density at radius 1 is 2.00 bits per heavy atom. The van der Waals surface area contributed by atoms with Gasteiger partial charge in [0.15, 0.2) is 0 Å². The third kappa shape index (κ3) is 2.69. The van der Waals surface area contributed by atoms with E-state index in [9.17, 15) is 0 Å². The summed E-state index contributed by atoms with van der Waals surface area (Å²) in [6.45, 7) is 0. The van der Waals surface area contributed by atoms with Crippen LogP contribution in [0.1, 0.15) is 0 Å². The normalized spacial score (nSPS) is 5.83. The van der Waals surface area contributed by atoms with Crippen LogP contribution in [0, 0.1) is 21.6 Å². The lowest BCUT2D eigenvalue weighted by molar-refractivity contribution is -0.534. The fourth-order valence-electron chi connectivity index (χ4n) is 0.0365. The number of rotatable bonds is 1. The zero-order valence-electron chi connectivity index (χ0n) is 2.66. The Labute approximate surface area is 33.3 Å². The fraction of sp³-hybridized carbons (Fsp3) is 0. The van der Waals surface area contributed by atoms with Crippen LogP contribution < -0.4 is 5.43 Å². The lowest BCUT2D eigenvalue weighted by Crippen LogP contribution is -2.04. The average molecular weight is 86.0 g/mol. The van der Waals surface area contributed by atoms with Crippen molar-refractivity contribution in [3.8, 4) is 6.19 Å². The van der Waals surface area contributed by atoms with Crippen molar-refractivity contribution in [1.29, 1.82) is 5.26 Å². The second-order valence-electron chi connectivity index (χ2n) is 0.438. The average Bonchev–Trinajstić information content (AvgIpc) is 1.35. The molecule has 0 bridgehead atoms. The van der Waals surface area contributed by atoms with Gasteiger partial charge < -0.3 is 0 Å². The Kier molecular flexibility index (Phi) is 1.53. The molecule has 0 aliphatic carbocycles. The van der Waals surface area contributed by atoms with Gasteiger partial charge in [-0.1, -0.05) is 0 Å². The van der Waals surface area contributed by atoms with Gasteiger partial charge >= 0.3 is 0 Å². The second-order valence-corrected chi connectivity index (χ2v) is 0.438. The van der Waals surface area contributed by atoms with Crippen LogP contribution in [-0.2, 0) is 0 Å². The quantitative estimate of drug-likeness (QED) is 0.239. The lowest BCUT2D eigenvalue weighted by atomic mass is 11.4. The van der Waals surface area contributed by atoms with E-state index in [4.69, 9.17) is 15.4 Å². The molecule has 0 amide bonds. The fourth-order valence-corrected chi connectivity index (χ4v) is 0.0365. The molecule has 0 rings (SSSR count). The number of nitriles is 1. The van der Waals surface area contributed by atoms with E-state index in [1.807, 2.05) is 0 Å². The van der Waals surface area contributed by atoms with E-state index in [1.165, 1.54) is 0 Å². The molecule has 0 saturated heterocycles. The molecule has 0 aromatic carbocycles. The minimum absolute atomic E-state index is 0.993. The van der Waals surface area contributed by atoms with Crippen molar-refractivity contribution < 1.29 is 5.03 Å². The maximum Gasteiger partial charge on any atom is 0.279 e. The number of nitro groups is 1. The van der Waals surface area contributed by atoms with Crippen molar-refractivity contribution in [2.75, 3.05) is 0 Å². The van der Waals surface area contributed by atoms with Gasteiger partial charge in [0.25, 0.3) is 6.19 Å². The van der Waals surface area contributed by atoms with Crippen LogP contribution in [0.15, 0.2) is 0 Å². The van der Waals surface area contributed by atoms with Crippen molar-refractivity contribution in [2.24, 2.45) is 0 Å². The molecular formula is CN3O2. The van der Waals surface area contributed by atoms with E-state index in [0.717, 1.165) is 6.19 Å². The summed E-state index contributed by atoms with van der Waals surface area (Å²) in [6.07, 6.45) is 0.993. The minimum Gasteiger partial charge on any atom is -0.232 e. The molecule has 0 aromatic heterocycles. The molecule has 5 nitrogen and oxygen atoms in total. The zero-order valence-corrected chi connectivity index (χ0v) is 2.66. The number of hydrogen-bond donors (Lipinski definition) is 0. The Morgan fingerprint density at radius 2 is 2.50 bits per heavy atom. The molecular weight excluding hydrogens is 86.0 g/mol. The molecule has 0 aliphatic rings. The second kappa shape index (κ2) is 1.96. The highest BCUT2D eigenvalue weighted by atomic mass is 16.7. The molecule has 0 aliphatic heterocycles. The van der Waals surface area contributed by atoms with Crippen LogP contribution in [0.4, 0.5) is 0 Å². The van der Waals surface area contributed by atoms with E-state index >= 15 is 0 Å². The van der Waals surface area contributed by atoms with Gasteiger partial charge in [-0.2, -0.15) is 5.26 Å². The van der Waals surface area contributed by atoms with Gasteiger partial charge in [-0.25, -0.2) is 10.1 Å². The Balaban J connectivity index is 3.13. The molecule has 1 radical (unpaired) electrons. The Bertz CT molecular complexity index is 91.5. The van der Waals surface area contributed by atoms with Crippen LogP contribution >= 0.6 is 0 Å². The summed E-state index contributed by atoms with van der Waals surface area (Å²) in [7, 11) is 0. The summed E-state index contributed by atoms with van der Waals surface area (Å²) in [5.41, 5.74) is 2.15. The summed E-state index contributed by atoms with van der Waals surface area (Å²) < 4.78 is 0. The monoisotopic (exact) mass is 86.0 g/mol. The highest BCUT2D eigenvalue weighted by Gasteiger charge is 1.88. The van der Waals surface area contributed by atoms with E-state index in [-0.39, 0.29) is 0 Å². The Hall–Kier alpha value is -1.31. The molecule has 0 N–H and O–H groups in total. The summed E-state index contributed by atoms with van der Waals surface area (Å²) in [6, 6.07) is 0. The van der Waals surface area contributed by atoms with Crippen LogP contribution in [-0.4, -0.2) is 5.03 Å². The minimum atomic E-state index is -1.06. The van der Waals surface area contributed by atoms with Gasteiger partial charge in [0.05, 0.1) is 0 Å². The van der Waals surface area contributed by atoms with Gasteiger partial charge in [0.2, 0.25) is 5.03 Å². The molecule has 5 heteroatoms. The predicted octanol–water partition coefficient (Wildman–Crippen LogP) is -0.736. The van der Waals surface area contributed by atoms with Crippen molar-refractivity contribution >= 4 is 0 Å². The standard InChI is InChI=1S/CN3O2/c2-1-3-4(5)6. The largest absolute Gasteiger partial charge is 0.279 e. The zero-order chi connectivity index (χ0) is 4.99. The molecule has 0 unspecified atom stereocenters. The van der Waals surface area contributed by atoms with Crippen LogP contribution in [0.3, 0.4) is 0 Å². The number of nitrogens with zero attached hydrogens (tertiary/aromatic N) is 3. The third-order valence-corrected chi connectivity index (χ3v) is 0.126. The van der Waals surface area contributed by atoms with Gasteiger partial charge in [-0.05, 0) is 0 Å². The molecule has 0 atom stereocenters. The Morgan fingerprint density at radius 3 is 2.50 bits per heavy atom. The van der Waals surface area contributed by atoms with Gasteiger partial charge in [0, 0.05) is 0 Å². The topological polar surface area (TPSA) is 81.0 Å². The summed E-state index contributed by atoms with van der Waals surface area (Å²) in [5, 5.41) is 15.3. The summed E-state index contributed by atoms with van der Waals surface area (Å²) >= 11 is 0. The smallest absolute Gasteiger partial charge is 0.232 e. The SMILES string of the molecule is N#C[N][N+](=O)[O-]. The van der Waals surface area contributed by atoms with Crippen molar-refractivity contribution in [3.63, 3.8) is 0 Å². The molecule has 0 aromatic rings. The number of hydrogen-bond acceptors (Lipinski definition) is 3. The van der Waals surface area contributed by atoms with Gasteiger partial charge in [-0.15, -0.1) is 0 Å². The third-order valence-electron chi connectivity index (χ3n) is 0.126. The van der Waals surface area contributed by atoms with Crippen LogP contribution in [0.25, 0.3) is 0 Å². The molecule has 31 valence electrons. The first-order chi connectivity index (χ1) is 2.77.